The molecule has 6 bridgehead atoms. The average Bonchev–Trinajstić information content (AvgIpc) is 2.99. The summed E-state index contributed by atoms with van der Waals surface area (Å²) >= 11 is 0. The Morgan fingerprint density at radius 2 is 2.19 bits per heavy atom. The number of aliphatic carboxylic acids is 1. The molecule has 0 radical (unpaired) electrons. The maximum Gasteiger partial charge on any atom is 0.303 e. The van der Waals surface area contributed by atoms with Crippen molar-refractivity contribution in [1.82, 2.24) is 5.32 Å². The Kier molecular flexibility index (Phi) is 3.70. The minimum Gasteiger partial charge on any atom is -0.481 e. The fourth-order valence-electron chi connectivity index (χ4n) is 8.13. The van der Waals surface area contributed by atoms with Gasteiger partial charge in [0.1, 0.15) is 6.23 Å². The third-order valence-electron chi connectivity index (χ3n) is 9.00. The Morgan fingerprint density at radius 1 is 1.38 bits per heavy atom. The van der Waals surface area contributed by atoms with E-state index in [-0.39, 0.29) is 23.5 Å². The molecule has 6 aliphatic rings. The lowest BCUT2D eigenvalue weighted by Crippen LogP contribution is -2.79. The first-order chi connectivity index (χ1) is 12.4. The van der Waals surface area contributed by atoms with Crippen LogP contribution in [0.3, 0.4) is 0 Å². The topological polar surface area (TPSA) is 58.6 Å². The highest BCUT2D eigenvalue weighted by Crippen LogP contribution is 2.72. The minimum absolute atomic E-state index is 0.000556. The van der Waals surface area contributed by atoms with Crippen LogP contribution in [0.5, 0.6) is 0 Å². The smallest absolute Gasteiger partial charge is 0.303 e. The second kappa shape index (κ2) is 5.57. The zero-order valence-electron chi connectivity index (χ0n) is 16.3. The molecule has 3 aliphatic heterocycles. The van der Waals surface area contributed by atoms with Crippen molar-refractivity contribution in [3.05, 3.63) is 11.6 Å². The van der Waals surface area contributed by atoms with Crippen LogP contribution in [-0.4, -0.2) is 29.4 Å². The summed E-state index contributed by atoms with van der Waals surface area (Å²) < 4.78 is 6.55. The van der Waals surface area contributed by atoms with E-state index >= 15 is 0 Å². The van der Waals surface area contributed by atoms with Crippen LogP contribution in [-0.2, 0) is 9.53 Å². The van der Waals surface area contributed by atoms with E-state index in [4.69, 9.17) is 4.74 Å². The molecule has 3 aliphatic carbocycles. The van der Waals surface area contributed by atoms with Crippen molar-refractivity contribution in [3.63, 3.8) is 0 Å². The number of piperidine rings is 1. The Bertz CT molecular complexity index is 658. The van der Waals surface area contributed by atoms with Gasteiger partial charge < -0.3 is 9.84 Å². The summed E-state index contributed by atoms with van der Waals surface area (Å²) in [5, 5.41) is 13.5. The van der Waals surface area contributed by atoms with Gasteiger partial charge in [-0.1, -0.05) is 32.4 Å². The van der Waals surface area contributed by atoms with Crippen LogP contribution in [0.4, 0.5) is 0 Å². The predicted molar refractivity (Wildman–Crippen MR) is 99.5 cm³/mol. The zero-order valence-corrected chi connectivity index (χ0v) is 16.3. The van der Waals surface area contributed by atoms with Gasteiger partial charge in [0.05, 0.1) is 6.10 Å². The second-order valence-corrected chi connectivity index (χ2v) is 10.2. The number of rotatable bonds is 4. The van der Waals surface area contributed by atoms with Crippen LogP contribution in [0.15, 0.2) is 11.6 Å². The van der Waals surface area contributed by atoms with Crippen LogP contribution in [0.1, 0.15) is 65.7 Å². The van der Waals surface area contributed by atoms with Gasteiger partial charge in [0.25, 0.3) is 0 Å². The van der Waals surface area contributed by atoms with Gasteiger partial charge in [-0.25, -0.2) is 0 Å². The Labute approximate surface area is 156 Å². The van der Waals surface area contributed by atoms with Crippen molar-refractivity contribution in [1.29, 1.82) is 0 Å². The maximum atomic E-state index is 11.6. The number of nitrogens with one attached hydrogen (secondary N) is 1. The van der Waals surface area contributed by atoms with Crippen molar-refractivity contribution in [2.45, 2.75) is 84.1 Å². The lowest BCUT2D eigenvalue weighted by atomic mass is 9.40. The summed E-state index contributed by atoms with van der Waals surface area (Å²) in [6.07, 6.45) is 10.1. The molecule has 0 spiro atoms. The van der Waals surface area contributed by atoms with Crippen LogP contribution in [0.25, 0.3) is 0 Å². The molecule has 6 rings (SSSR count). The Morgan fingerprint density at radius 3 is 2.92 bits per heavy atom. The van der Waals surface area contributed by atoms with Crippen molar-refractivity contribution in [3.8, 4) is 0 Å². The molecule has 3 saturated heterocycles. The summed E-state index contributed by atoms with van der Waals surface area (Å²) in [6, 6.07) is 0.366. The third-order valence-corrected chi connectivity index (χ3v) is 9.00. The predicted octanol–water partition coefficient (Wildman–Crippen LogP) is 3.96. The van der Waals surface area contributed by atoms with Gasteiger partial charge in [-0.2, -0.15) is 0 Å². The molecule has 0 aromatic rings. The molecular formula is C22H33NO3. The molecule has 8 atom stereocenters. The van der Waals surface area contributed by atoms with E-state index in [1.54, 1.807) is 5.57 Å². The quantitative estimate of drug-likeness (QED) is 0.746. The summed E-state index contributed by atoms with van der Waals surface area (Å²) in [4.78, 5) is 11.6. The number of carboxylic acids is 1. The van der Waals surface area contributed by atoms with Crippen LogP contribution in [0, 0.1) is 34.5 Å². The normalized spacial score (nSPS) is 51.3. The van der Waals surface area contributed by atoms with Crippen molar-refractivity contribution >= 4 is 5.97 Å². The monoisotopic (exact) mass is 359 g/mol. The van der Waals surface area contributed by atoms with Crippen molar-refractivity contribution in [2.75, 3.05) is 0 Å². The summed E-state index contributed by atoms with van der Waals surface area (Å²) in [7, 11) is 0. The van der Waals surface area contributed by atoms with E-state index in [1.807, 2.05) is 0 Å². The molecule has 2 saturated carbocycles. The molecule has 144 valence electrons. The standard InChI is InChI=1S/C22H33NO3/c1-12(2)18-16-11-21(3)15-8-7-13-5-4-6-14(13)22(21,10-9-17(24)25)19(18)23-20(15)26-16/h6,12-13,15-16,18-20,23H,4-5,7-11H2,1-3H3,(H,24,25)/t13-,15-,16+,18-,19+,20-,21+,22+/m0/s1. The van der Waals surface area contributed by atoms with Crippen molar-refractivity contribution < 1.29 is 14.6 Å². The third kappa shape index (κ3) is 1.95. The first kappa shape index (κ1) is 17.2. The number of carboxylic acid groups (broad SMARTS) is 1. The highest BCUT2D eigenvalue weighted by Gasteiger charge is 2.73. The Hall–Kier alpha value is -0.870. The molecular weight excluding hydrogens is 326 g/mol. The van der Waals surface area contributed by atoms with Crippen LogP contribution >= 0.6 is 0 Å². The van der Waals surface area contributed by atoms with Crippen LogP contribution < -0.4 is 5.32 Å². The second-order valence-electron chi connectivity index (χ2n) is 10.2. The zero-order chi connectivity index (χ0) is 18.3. The Balaban J connectivity index is 1.70. The first-order valence-electron chi connectivity index (χ1n) is 10.7. The van der Waals surface area contributed by atoms with Crippen LogP contribution in [0.2, 0.25) is 0 Å². The lowest BCUT2D eigenvalue weighted by Gasteiger charge is -2.73. The number of allylic oxidation sites excluding steroid dienone is 1. The van der Waals surface area contributed by atoms with E-state index in [9.17, 15) is 9.90 Å². The van der Waals surface area contributed by atoms with Gasteiger partial charge in [0, 0.05) is 29.7 Å². The molecule has 0 aromatic heterocycles. The lowest BCUT2D eigenvalue weighted by molar-refractivity contribution is -0.300. The number of ether oxygens (including phenoxy) is 1. The van der Waals surface area contributed by atoms with E-state index in [0.29, 0.717) is 35.8 Å². The number of hydrogen-bond acceptors (Lipinski definition) is 3. The van der Waals surface area contributed by atoms with E-state index in [2.05, 4.69) is 32.2 Å². The number of hydrogen-bond donors (Lipinski definition) is 2. The van der Waals surface area contributed by atoms with E-state index < -0.39 is 5.97 Å². The molecule has 0 amide bonds. The number of fused-ring (bicyclic) bond motifs is 1. The van der Waals surface area contributed by atoms with Gasteiger partial charge in [0.15, 0.2) is 0 Å². The van der Waals surface area contributed by atoms with Gasteiger partial charge in [-0.3, -0.25) is 10.1 Å². The average molecular weight is 360 g/mol. The van der Waals surface area contributed by atoms with Gasteiger partial charge >= 0.3 is 5.97 Å². The highest BCUT2D eigenvalue weighted by molar-refractivity contribution is 5.67. The highest BCUT2D eigenvalue weighted by atomic mass is 16.5. The summed E-state index contributed by atoms with van der Waals surface area (Å²) in [6.45, 7) is 7.13. The molecule has 5 fully saturated rings. The minimum atomic E-state index is -0.648. The van der Waals surface area contributed by atoms with Gasteiger partial charge in [-0.15, -0.1) is 0 Å². The fraction of sp³-hybridized carbons (Fsp3) is 0.864. The van der Waals surface area contributed by atoms with Gasteiger partial charge in [-0.05, 0) is 55.8 Å². The summed E-state index contributed by atoms with van der Waals surface area (Å²) in [5.41, 5.74) is 1.80. The molecule has 2 N–H and O–H groups in total. The van der Waals surface area contributed by atoms with Crippen molar-refractivity contribution in [2.24, 2.45) is 34.5 Å². The molecule has 26 heavy (non-hydrogen) atoms. The van der Waals surface area contributed by atoms with E-state index in [1.165, 1.54) is 25.7 Å². The maximum absolute atomic E-state index is 11.6. The largest absolute Gasteiger partial charge is 0.481 e. The van der Waals surface area contributed by atoms with Gasteiger partial charge in [0.2, 0.25) is 0 Å². The molecule has 3 heterocycles. The molecule has 0 aromatic carbocycles. The van der Waals surface area contributed by atoms with E-state index in [0.717, 1.165) is 12.8 Å². The number of carbonyl (C=O) groups is 1. The molecule has 4 nitrogen and oxygen atoms in total. The molecule has 4 heteroatoms. The summed E-state index contributed by atoms with van der Waals surface area (Å²) in [5.74, 6) is 1.56. The molecule has 0 unspecified atom stereocenters. The first-order valence-corrected chi connectivity index (χ1v) is 10.7. The fourth-order valence-corrected chi connectivity index (χ4v) is 8.13. The SMILES string of the molecule is CC(C)[C@@H]1[C@H]2N[C@H]3O[C@@H]1C[C@]1(C)[C@H]3CC[C@@H]3CCC=C3[C@]21CCC(=O)O.